The summed E-state index contributed by atoms with van der Waals surface area (Å²) in [6.45, 7) is 13.8. The summed E-state index contributed by atoms with van der Waals surface area (Å²) in [6, 6.07) is 14.1. The van der Waals surface area contributed by atoms with E-state index in [-0.39, 0.29) is 12.2 Å². The number of hydrogen-bond acceptors (Lipinski definition) is 5. The van der Waals surface area contributed by atoms with Crippen molar-refractivity contribution in [1.29, 1.82) is 0 Å². The Morgan fingerprint density at radius 2 is 1.95 bits per heavy atom. The molecule has 0 fully saturated rings. The average molecular weight is 553 g/mol. The molecule has 0 spiro atoms. The van der Waals surface area contributed by atoms with Gasteiger partial charge < -0.3 is 26.2 Å². The second kappa shape index (κ2) is 17.3. The first-order valence-corrected chi connectivity index (χ1v) is 14.1. The van der Waals surface area contributed by atoms with E-state index in [1.807, 2.05) is 51.1 Å². The lowest BCUT2D eigenvalue weighted by Crippen LogP contribution is -2.36. The van der Waals surface area contributed by atoms with E-state index in [1.54, 1.807) is 6.08 Å². The Morgan fingerprint density at radius 3 is 2.67 bits per heavy atom. The predicted octanol–water partition coefficient (Wildman–Crippen LogP) is 7.24. The van der Waals surface area contributed by atoms with Crippen LogP contribution in [0.1, 0.15) is 51.7 Å². The lowest BCUT2D eigenvalue weighted by Gasteiger charge is -2.18. The van der Waals surface area contributed by atoms with Crippen molar-refractivity contribution in [2.45, 2.75) is 59.5 Å². The lowest BCUT2D eigenvalue weighted by atomic mass is 10.0. The van der Waals surface area contributed by atoms with E-state index >= 15 is 0 Å². The molecule has 0 saturated carbocycles. The van der Waals surface area contributed by atoms with Crippen molar-refractivity contribution < 1.29 is 4.79 Å². The minimum Gasteiger partial charge on any atom is -0.364 e. The fraction of sp³-hybridized carbons (Fsp3) is 0.419. The molecule has 3 rings (SSSR count). The molecule has 7 nitrogen and oxygen atoms in total. The van der Waals surface area contributed by atoms with Gasteiger partial charge in [0.1, 0.15) is 12.0 Å². The van der Waals surface area contributed by atoms with Gasteiger partial charge >= 0.3 is 6.03 Å². The molecule has 212 valence electrons. The molecule has 1 unspecified atom stereocenters. The molecule has 4 N–H and O–H groups in total. The molecular formula is C31H45ClN6O. The quantitative estimate of drug-likeness (QED) is 0.260. The monoisotopic (exact) mass is 552 g/mol. The van der Waals surface area contributed by atoms with Gasteiger partial charge in [-0.15, -0.1) is 6.58 Å². The number of nitrogens with one attached hydrogen (secondary N) is 4. The van der Waals surface area contributed by atoms with Crippen molar-refractivity contribution in [3.05, 3.63) is 77.4 Å². The number of amides is 2. The van der Waals surface area contributed by atoms with Crippen LogP contribution >= 0.6 is 11.6 Å². The highest BCUT2D eigenvalue weighted by molar-refractivity contribution is 6.44. The summed E-state index contributed by atoms with van der Waals surface area (Å²) in [4.78, 5) is 19.7. The molecule has 39 heavy (non-hydrogen) atoms. The van der Waals surface area contributed by atoms with Crippen LogP contribution in [0.15, 0.2) is 71.2 Å². The zero-order chi connectivity index (χ0) is 28.6. The number of allylic oxidation sites excluding steroid dienone is 2. The highest BCUT2D eigenvalue weighted by atomic mass is 35.5. The van der Waals surface area contributed by atoms with Gasteiger partial charge in [-0.25, -0.2) is 9.79 Å². The maximum atomic E-state index is 12.7. The van der Waals surface area contributed by atoms with Crippen LogP contribution in [0.25, 0.3) is 0 Å². The predicted molar refractivity (Wildman–Crippen MR) is 169 cm³/mol. The summed E-state index contributed by atoms with van der Waals surface area (Å²) in [6.07, 6.45) is 7.33. The number of hydrogen-bond donors (Lipinski definition) is 4. The molecule has 1 aliphatic rings. The smallest absolute Gasteiger partial charge is 0.319 e. The molecule has 2 amide bonds. The Kier molecular flexibility index (Phi) is 14.2. The third-order valence-electron chi connectivity index (χ3n) is 6.08. The van der Waals surface area contributed by atoms with E-state index in [2.05, 4.69) is 64.9 Å². The summed E-state index contributed by atoms with van der Waals surface area (Å²) in [7, 11) is 2.08. The lowest BCUT2D eigenvalue weighted by molar-refractivity contribution is 0.249. The second-order valence-electron chi connectivity index (χ2n) is 9.58. The second-order valence-corrected chi connectivity index (χ2v) is 9.99. The third kappa shape index (κ3) is 11.5. The Morgan fingerprint density at radius 1 is 1.18 bits per heavy atom. The first-order valence-electron chi connectivity index (χ1n) is 13.7. The van der Waals surface area contributed by atoms with E-state index in [0.29, 0.717) is 17.4 Å². The van der Waals surface area contributed by atoms with Crippen molar-refractivity contribution in [2.75, 3.05) is 42.6 Å². The van der Waals surface area contributed by atoms with Crippen LogP contribution in [0, 0.1) is 0 Å². The van der Waals surface area contributed by atoms with Crippen LogP contribution < -0.4 is 21.3 Å². The van der Waals surface area contributed by atoms with E-state index < -0.39 is 0 Å². The molecule has 1 aliphatic heterocycles. The Hall–Kier alpha value is -3.29. The van der Waals surface area contributed by atoms with Crippen LogP contribution in [0.2, 0.25) is 0 Å². The molecule has 0 radical (unpaired) electrons. The molecule has 1 atom stereocenters. The van der Waals surface area contributed by atoms with Crippen LogP contribution in [0.3, 0.4) is 0 Å². The summed E-state index contributed by atoms with van der Waals surface area (Å²) >= 11 is 6.48. The summed E-state index contributed by atoms with van der Waals surface area (Å²) < 4.78 is 0. The average Bonchev–Trinajstić information content (AvgIpc) is 2.91. The highest BCUT2D eigenvalue weighted by Gasteiger charge is 2.13. The normalized spacial score (nSPS) is 16.4. The fourth-order valence-corrected chi connectivity index (χ4v) is 4.15. The first-order chi connectivity index (χ1) is 18.8. The van der Waals surface area contributed by atoms with E-state index in [4.69, 9.17) is 16.6 Å². The number of fused-ring (bicyclic) bond motifs is 4. The van der Waals surface area contributed by atoms with Gasteiger partial charge in [-0.2, -0.15) is 0 Å². The fourth-order valence-electron chi connectivity index (χ4n) is 4.06. The van der Waals surface area contributed by atoms with Gasteiger partial charge in [-0.3, -0.25) is 0 Å². The molecule has 0 saturated heterocycles. The van der Waals surface area contributed by atoms with Crippen LogP contribution in [0.5, 0.6) is 0 Å². The van der Waals surface area contributed by atoms with Crippen LogP contribution in [-0.2, 0) is 12.8 Å². The molecular weight excluding hydrogens is 508 g/mol. The van der Waals surface area contributed by atoms with Gasteiger partial charge in [0.2, 0.25) is 0 Å². The number of aryl methyl sites for hydroxylation is 2. The van der Waals surface area contributed by atoms with Crippen molar-refractivity contribution in [3.8, 4) is 0 Å². The van der Waals surface area contributed by atoms with Gasteiger partial charge in [-0.1, -0.05) is 49.2 Å². The zero-order valence-electron chi connectivity index (χ0n) is 24.1. The Labute approximate surface area is 239 Å². The molecule has 1 heterocycles. The number of nitrogens with zero attached hydrogens (tertiary/aromatic N) is 2. The number of amidine groups is 1. The Bertz CT molecular complexity index is 1130. The van der Waals surface area contributed by atoms with E-state index in [1.165, 1.54) is 12.0 Å². The summed E-state index contributed by atoms with van der Waals surface area (Å²) in [5.41, 5.74) is 4.92. The van der Waals surface area contributed by atoms with Gasteiger partial charge in [0.15, 0.2) is 0 Å². The molecule has 0 aromatic heterocycles. The molecule has 8 heteroatoms. The minimum atomic E-state index is -0.196. The number of urea groups is 1. The number of anilines is 3. The van der Waals surface area contributed by atoms with Crippen molar-refractivity contribution in [2.24, 2.45) is 4.99 Å². The number of carbonyl (C=O) groups excluding carboxylic acids is 1. The van der Waals surface area contributed by atoms with E-state index in [0.717, 1.165) is 55.0 Å². The van der Waals surface area contributed by atoms with Crippen molar-refractivity contribution >= 4 is 40.5 Å². The molecule has 4 bridgehead atoms. The molecule has 2 aromatic carbocycles. The topological polar surface area (TPSA) is 80.8 Å². The maximum Gasteiger partial charge on any atom is 0.319 e. The molecule has 0 aliphatic carbocycles. The summed E-state index contributed by atoms with van der Waals surface area (Å²) in [5, 5.41) is 13.4. The van der Waals surface area contributed by atoms with Crippen molar-refractivity contribution in [1.82, 2.24) is 10.2 Å². The number of carbonyl (C=O) groups is 1. The standard InChI is InChI=1S/C28H39ClN6O.C3H6/c1-5-7-16-35(4)17-15-30-28(36)34-26-14-13-24-19-22(26)12-11-21-9-8-10-23(18-21)31-20(3)32-27(33-24)25(29)6-2;1-3-2/h6,8-10,13-14,18-20,31H,5,7,11-12,15-17H2,1-4H3,(H,32,33)(H2,30,34,36);3H,1H2,2H3/b25-6+;. The van der Waals surface area contributed by atoms with E-state index in [9.17, 15) is 4.79 Å². The summed E-state index contributed by atoms with van der Waals surface area (Å²) in [5.74, 6) is 0.589. The number of likely N-dealkylation sites (N-methyl/N-ethyl adjacent to an activating group) is 1. The highest BCUT2D eigenvalue weighted by Crippen LogP contribution is 2.25. The third-order valence-corrected chi connectivity index (χ3v) is 6.47. The largest absolute Gasteiger partial charge is 0.364 e. The zero-order valence-corrected chi connectivity index (χ0v) is 24.9. The van der Waals surface area contributed by atoms with Crippen LogP contribution in [-0.4, -0.2) is 49.6 Å². The van der Waals surface area contributed by atoms with Gasteiger partial charge in [0.25, 0.3) is 0 Å². The number of halogens is 1. The Balaban J connectivity index is 0.00000170. The SMILES string of the molecule is C/C=C(Cl)\C1=N/C(C)Nc2cccc(c2)CCc2cc(ccc2NC(=O)NCCN(C)CCCC)N1.C=CC. The van der Waals surface area contributed by atoms with Crippen LogP contribution in [0.4, 0.5) is 21.9 Å². The van der Waals surface area contributed by atoms with Crippen molar-refractivity contribution in [3.63, 3.8) is 0 Å². The number of benzene rings is 2. The van der Waals surface area contributed by atoms with Gasteiger partial charge in [-0.05, 0) is 95.1 Å². The maximum absolute atomic E-state index is 12.7. The minimum absolute atomic E-state index is 0.178. The number of unbranched alkanes of at least 4 members (excludes halogenated alkanes) is 1. The number of aliphatic imine (C=N–C) groups is 1. The first kappa shape index (κ1) is 31.9. The molecule has 2 aromatic rings. The number of rotatable bonds is 8. The van der Waals surface area contributed by atoms with Gasteiger partial charge in [0.05, 0.1) is 5.03 Å². The van der Waals surface area contributed by atoms with Gasteiger partial charge in [0, 0.05) is 30.2 Å².